The summed E-state index contributed by atoms with van der Waals surface area (Å²) in [6.45, 7) is 5.42. The predicted molar refractivity (Wildman–Crippen MR) is 52.5 cm³/mol. The molecule has 0 spiro atoms. The van der Waals surface area contributed by atoms with Crippen LogP contribution in [0.5, 0.6) is 0 Å². The van der Waals surface area contributed by atoms with E-state index in [0.29, 0.717) is 0 Å². The molecular formula is C9H14N2O2. The number of carbonyl (C=O) groups is 2. The fourth-order valence-electron chi connectivity index (χ4n) is 0.300. The van der Waals surface area contributed by atoms with Crippen LogP contribution in [-0.2, 0) is 9.59 Å². The highest BCUT2D eigenvalue weighted by molar-refractivity contribution is 5.95. The second-order valence-electron chi connectivity index (χ2n) is 1.90. The lowest BCUT2D eigenvalue weighted by molar-refractivity contribution is -0.115. The van der Waals surface area contributed by atoms with Gasteiger partial charge in [0.05, 0.1) is 0 Å². The van der Waals surface area contributed by atoms with Crippen LogP contribution in [0.2, 0.25) is 0 Å². The molecule has 0 rings (SSSR count). The molecule has 0 fully saturated rings. The monoisotopic (exact) mass is 182 g/mol. The van der Waals surface area contributed by atoms with Crippen LogP contribution in [0.15, 0.2) is 37.0 Å². The Labute approximate surface area is 77.6 Å². The third-order valence-electron chi connectivity index (χ3n) is 0.740. The zero-order valence-electron chi connectivity index (χ0n) is 7.57. The molecule has 0 saturated carbocycles. The number of allylic oxidation sites excluding steroid dienone is 3. The molecule has 0 aliphatic carbocycles. The lowest BCUT2D eigenvalue weighted by Gasteiger charge is -1.76. The van der Waals surface area contributed by atoms with Crippen molar-refractivity contribution in [2.75, 3.05) is 0 Å². The fraction of sp³-hybridized carbons (Fsp3) is 0.111. The lowest BCUT2D eigenvalue weighted by Crippen LogP contribution is -2.10. The van der Waals surface area contributed by atoms with E-state index in [9.17, 15) is 9.59 Å². The topological polar surface area (TPSA) is 86.2 Å². The first-order chi connectivity index (χ1) is 6.04. The largest absolute Gasteiger partial charge is 0.366 e. The van der Waals surface area contributed by atoms with Gasteiger partial charge in [-0.15, -0.1) is 0 Å². The molecular weight excluding hydrogens is 168 g/mol. The van der Waals surface area contributed by atoms with Gasteiger partial charge in [0.2, 0.25) is 11.8 Å². The molecule has 0 bridgehead atoms. The van der Waals surface area contributed by atoms with Gasteiger partial charge in [0.25, 0.3) is 0 Å². The summed E-state index contributed by atoms with van der Waals surface area (Å²) in [5.41, 5.74) is 9.21. The number of carbonyl (C=O) groups excluding carboxylic acids is 2. The van der Waals surface area contributed by atoms with Crippen LogP contribution in [0, 0.1) is 0 Å². The first kappa shape index (κ1) is 13.7. The van der Waals surface area contributed by atoms with Gasteiger partial charge in [-0.1, -0.05) is 24.8 Å². The third-order valence-corrected chi connectivity index (χ3v) is 0.740. The van der Waals surface area contributed by atoms with Gasteiger partial charge >= 0.3 is 0 Å². The minimum atomic E-state index is -0.677. The number of nitrogens with two attached hydrogens (primary N) is 2. The van der Waals surface area contributed by atoms with Gasteiger partial charge in [0.15, 0.2) is 0 Å². The Bertz CT molecular complexity index is 214. The SMILES string of the molecule is C=CC=CC.NC(=O)/C=C\C(N)=O. The van der Waals surface area contributed by atoms with Crippen molar-refractivity contribution in [3.63, 3.8) is 0 Å². The zero-order valence-corrected chi connectivity index (χ0v) is 7.57. The van der Waals surface area contributed by atoms with E-state index in [4.69, 9.17) is 0 Å². The number of hydrogen-bond donors (Lipinski definition) is 2. The molecule has 13 heavy (non-hydrogen) atoms. The Morgan fingerprint density at radius 1 is 1.15 bits per heavy atom. The normalized spacial score (nSPS) is 9.31. The Kier molecular flexibility index (Phi) is 10.7. The first-order valence-electron chi connectivity index (χ1n) is 3.55. The van der Waals surface area contributed by atoms with Crippen LogP contribution >= 0.6 is 0 Å². The van der Waals surface area contributed by atoms with E-state index in [1.807, 2.05) is 19.1 Å². The first-order valence-corrected chi connectivity index (χ1v) is 3.55. The highest BCUT2D eigenvalue weighted by Crippen LogP contribution is 1.65. The fourth-order valence-corrected chi connectivity index (χ4v) is 0.300. The van der Waals surface area contributed by atoms with Gasteiger partial charge in [0, 0.05) is 12.2 Å². The van der Waals surface area contributed by atoms with Crippen molar-refractivity contribution in [1.29, 1.82) is 0 Å². The van der Waals surface area contributed by atoms with Gasteiger partial charge in [-0.05, 0) is 6.92 Å². The molecule has 0 aliphatic heterocycles. The van der Waals surface area contributed by atoms with Crippen molar-refractivity contribution in [3.05, 3.63) is 37.0 Å². The number of amides is 2. The molecule has 0 saturated heterocycles. The quantitative estimate of drug-likeness (QED) is 0.484. The Morgan fingerprint density at radius 2 is 1.54 bits per heavy atom. The van der Waals surface area contributed by atoms with Gasteiger partial charge in [-0.3, -0.25) is 9.59 Å². The van der Waals surface area contributed by atoms with E-state index < -0.39 is 11.8 Å². The molecule has 0 radical (unpaired) electrons. The van der Waals surface area contributed by atoms with Gasteiger partial charge in [-0.25, -0.2) is 0 Å². The summed E-state index contributed by atoms with van der Waals surface area (Å²) in [4.78, 5) is 19.7. The molecule has 0 aromatic heterocycles. The number of primary amides is 2. The second-order valence-corrected chi connectivity index (χ2v) is 1.90. The summed E-state index contributed by atoms with van der Waals surface area (Å²) in [5.74, 6) is -1.35. The van der Waals surface area contributed by atoms with Crippen molar-refractivity contribution in [1.82, 2.24) is 0 Å². The summed E-state index contributed by atoms with van der Waals surface area (Å²) in [5, 5.41) is 0. The molecule has 4 N–H and O–H groups in total. The van der Waals surface area contributed by atoms with Crippen molar-refractivity contribution >= 4 is 11.8 Å². The molecule has 4 heteroatoms. The van der Waals surface area contributed by atoms with Gasteiger partial charge in [0.1, 0.15) is 0 Å². The van der Waals surface area contributed by atoms with E-state index in [0.717, 1.165) is 12.2 Å². The van der Waals surface area contributed by atoms with E-state index in [-0.39, 0.29) is 0 Å². The molecule has 0 aliphatic rings. The summed E-state index contributed by atoms with van der Waals surface area (Å²) in [6.07, 6.45) is 7.39. The van der Waals surface area contributed by atoms with Gasteiger partial charge < -0.3 is 11.5 Å². The highest BCUT2D eigenvalue weighted by atomic mass is 16.1. The molecule has 0 unspecified atom stereocenters. The van der Waals surface area contributed by atoms with Crippen molar-refractivity contribution in [3.8, 4) is 0 Å². The summed E-state index contributed by atoms with van der Waals surface area (Å²) >= 11 is 0. The molecule has 0 aromatic rings. The van der Waals surface area contributed by atoms with E-state index in [1.165, 1.54) is 0 Å². The summed E-state index contributed by atoms with van der Waals surface area (Å²) < 4.78 is 0. The van der Waals surface area contributed by atoms with E-state index in [2.05, 4.69) is 18.0 Å². The molecule has 2 amide bonds. The van der Waals surface area contributed by atoms with Crippen LogP contribution in [0.25, 0.3) is 0 Å². The molecule has 0 aromatic carbocycles. The van der Waals surface area contributed by atoms with Crippen molar-refractivity contribution < 1.29 is 9.59 Å². The van der Waals surface area contributed by atoms with E-state index in [1.54, 1.807) is 6.08 Å². The van der Waals surface area contributed by atoms with Crippen molar-refractivity contribution in [2.24, 2.45) is 11.5 Å². The van der Waals surface area contributed by atoms with Crippen molar-refractivity contribution in [2.45, 2.75) is 6.92 Å². The molecule has 72 valence electrons. The van der Waals surface area contributed by atoms with Crippen LogP contribution in [-0.4, -0.2) is 11.8 Å². The Hall–Kier alpha value is -1.84. The number of rotatable bonds is 3. The zero-order chi connectivity index (χ0) is 10.7. The summed E-state index contributed by atoms with van der Waals surface area (Å²) in [7, 11) is 0. The maximum Gasteiger partial charge on any atom is 0.241 e. The Balaban J connectivity index is 0. The predicted octanol–water partition coefficient (Wildman–Crippen LogP) is 0.262. The second kappa shape index (κ2) is 10.2. The Morgan fingerprint density at radius 3 is 1.62 bits per heavy atom. The molecule has 0 atom stereocenters. The summed E-state index contributed by atoms with van der Waals surface area (Å²) in [6, 6.07) is 0. The third kappa shape index (κ3) is 25.4. The number of hydrogen-bond acceptors (Lipinski definition) is 2. The maximum absolute atomic E-state index is 9.83. The smallest absolute Gasteiger partial charge is 0.241 e. The molecule has 4 nitrogen and oxygen atoms in total. The molecule has 0 heterocycles. The van der Waals surface area contributed by atoms with Crippen LogP contribution in [0.4, 0.5) is 0 Å². The minimum absolute atomic E-state index is 0.677. The maximum atomic E-state index is 9.83. The standard InChI is InChI=1S/C5H8.C4H6N2O2/c1-3-5-4-2;5-3(7)1-2-4(6)8/h3-5H,1H2,2H3;1-2H,(H2,5,7)(H2,6,8)/b;2-1-. The average Bonchev–Trinajstić information content (AvgIpc) is 2.03. The average molecular weight is 182 g/mol. The van der Waals surface area contributed by atoms with Crippen LogP contribution in [0.1, 0.15) is 6.92 Å². The van der Waals surface area contributed by atoms with Gasteiger partial charge in [-0.2, -0.15) is 0 Å². The van der Waals surface area contributed by atoms with Crippen LogP contribution < -0.4 is 11.5 Å². The van der Waals surface area contributed by atoms with E-state index >= 15 is 0 Å². The minimum Gasteiger partial charge on any atom is -0.366 e. The van der Waals surface area contributed by atoms with Crippen LogP contribution in [0.3, 0.4) is 0 Å². The lowest BCUT2D eigenvalue weighted by atomic mass is 10.5. The highest BCUT2D eigenvalue weighted by Gasteiger charge is 1.83.